The largest absolute Gasteiger partial charge is 0.483 e. The van der Waals surface area contributed by atoms with E-state index in [1.165, 1.54) is 6.07 Å². The summed E-state index contributed by atoms with van der Waals surface area (Å²) in [7, 11) is 0. The minimum absolute atomic E-state index is 0.119. The van der Waals surface area contributed by atoms with E-state index in [1.54, 1.807) is 6.92 Å². The monoisotopic (exact) mass is 240 g/mol. The Balaban J connectivity index is 2.83. The van der Waals surface area contributed by atoms with Crippen LogP contribution in [0.5, 0.6) is 0 Å². The Morgan fingerprint density at radius 2 is 2.14 bits per heavy atom. The highest BCUT2D eigenvalue weighted by atomic mass is 32.1. The minimum Gasteiger partial charge on any atom is -0.483 e. The maximum absolute atomic E-state index is 12.2. The van der Waals surface area contributed by atoms with E-state index in [0.29, 0.717) is 22.8 Å². The molecular weight excluding hydrogens is 233 g/mol. The number of ether oxygens (including phenoxy) is 1. The Hall–Kier alpha value is -0.620. The SMILES string of the molecule is CCOC(=S)c1ccc(C(F)(F)F)s1. The van der Waals surface area contributed by atoms with Crippen molar-refractivity contribution in [3.63, 3.8) is 0 Å². The minimum atomic E-state index is -4.30. The summed E-state index contributed by atoms with van der Waals surface area (Å²) in [5.41, 5.74) is 0. The lowest BCUT2D eigenvalue weighted by Crippen LogP contribution is -2.01. The number of halogens is 3. The summed E-state index contributed by atoms with van der Waals surface area (Å²) in [6, 6.07) is 2.33. The Morgan fingerprint density at radius 3 is 2.57 bits per heavy atom. The molecule has 1 rings (SSSR count). The van der Waals surface area contributed by atoms with Crippen LogP contribution in [0.15, 0.2) is 12.1 Å². The van der Waals surface area contributed by atoms with Gasteiger partial charge in [0.25, 0.3) is 0 Å². The Morgan fingerprint density at radius 1 is 1.50 bits per heavy atom. The second-order valence-corrected chi connectivity index (χ2v) is 3.84. The fraction of sp³-hybridized carbons (Fsp3) is 0.375. The first-order chi connectivity index (χ1) is 6.45. The molecular formula is C8H7F3OS2. The molecule has 14 heavy (non-hydrogen) atoms. The average molecular weight is 240 g/mol. The highest BCUT2D eigenvalue weighted by Crippen LogP contribution is 2.34. The number of thiocarbonyl (C=S) groups is 1. The molecule has 0 aliphatic heterocycles. The number of alkyl halides is 3. The predicted octanol–water partition coefficient (Wildman–Crippen LogP) is 3.48. The van der Waals surface area contributed by atoms with Crippen LogP contribution in [0.4, 0.5) is 13.2 Å². The molecule has 1 aromatic rings. The third-order valence-corrected chi connectivity index (χ3v) is 2.96. The van der Waals surface area contributed by atoms with Crippen molar-refractivity contribution in [2.24, 2.45) is 0 Å². The molecule has 0 spiro atoms. The van der Waals surface area contributed by atoms with Gasteiger partial charge in [0.2, 0.25) is 5.05 Å². The van der Waals surface area contributed by atoms with E-state index in [0.717, 1.165) is 6.07 Å². The van der Waals surface area contributed by atoms with E-state index in [-0.39, 0.29) is 5.05 Å². The lowest BCUT2D eigenvalue weighted by Gasteiger charge is -2.02. The van der Waals surface area contributed by atoms with Crippen molar-refractivity contribution in [3.05, 3.63) is 21.9 Å². The van der Waals surface area contributed by atoms with Crippen LogP contribution in [0.2, 0.25) is 0 Å². The molecule has 1 aromatic heterocycles. The highest BCUT2D eigenvalue weighted by molar-refractivity contribution is 7.80. The molecule has 0 aliphatic carbocycles. The van der Waals surface area contributed by atoms with E-state index in [2.05, 4.69) is 0 Å². The Labute approximate surface area is 88.5 Å². The molecule has 6 heteroatoms. The number of hydrogen-bond acceptors (Lipinski definition) is 3. The molecule has 78 valence electrons. The van der Waals surface area contributed by atoms with Crippen LogP contribution >= 0.6 is 23.6 Å². The summed E-state index contributed by atoms with van der Waals surface area (Å²) >= 11 is 5.37. The van der Waals surface area contributed by atoms with E-state index in [1.807, 2.05) is 0 Å². The Kier molecular flexibility index (Phi) is 3.49. The lowest BCUT2D eigenvalue weighted by molar-refractivity contribution is -0.134. The topological polar surface area (TPSA) is 9.23 Å². The number of thiophene rings is 1. The van der Waals surface area contributed by atoms with Crippen molar-refractivity contribution in [1.82, 2.24) is 0 Å². The molecule has 0 aliphatic rings. The van der Waals surface area contributed by atoms with E-state index in [9.17, 15) is 13.2 Å². The van der Waals surface area contributed by atoms with Gasteiger partial charge in [-0.15, -0.1) is 11.3 Å². The van der Waals surface area contributed by atoms with Crippen molar-refractivity contribution < 1.29 is 17.9 Å². The van der Waals surface area contributed by atoms with Gasteiger partial charge in [-0.05, 0) is 31.3 Å². The smallest absolute Gasteiger partial charge is 0.425 e. The first kappa shape index (κ1) is 11.5. The van der Waals surface area contributed by atoms with Crippen LogP contribution in [-0.4, -0.2) is 11.7 Å². The maximum Gasteiger partial charge on any atom is 0.425 e. The van der Waals surface area contributed by atoms with Gasteiger partial charge in [-0.3, -0.25) is 0 Å². The quantitative estimate of drug-likeness (QED) is 0.732. The number of hydrogen-bond donors (Lipinski definition) is 0. The molecule has 0 fully saturated rings. The van der Waals surface area contributed by atoms with Gasteiger partial charge in [0.05, 0.1) is 11.5 Å². The van der Waals surface area contributed by atoms with Crippen LogP contribution < -0.4 is 0 Å². The van der Waals surface area contributed by atoms with E-state index < -0.39 is 11.1 Å². The first-order valence-corrected chi connectivity index (χ1v) is 5.01. The summed E-state index contributed by atoms with van der Waals surface area (Å²) in [6.07, 6.45) is -4.30. The average Bonchev–Trinajstić information content (AvgIpc) is 2.51. The van der Waals surface area contributed by atoms with Gasteiger partial charge in [-0.2, -0.15) is 13.2 Å². The summed E-state index contributed by atoms with van der Waals surface area (Å²) < 4.78 is 41.5. The van der Waals surface area contributed by atoms with E-state index >= 15 is 0 Å². The van der Waals surface area contributed by atoms with Crippen molar-refractivity contribution in [2.75, 3.05) is 6.61 Å². The third-order valence-electron chi connectivity index (χ3n) is 1.36. The predicted molar refractivity (Wildman–Crippen MR) is 52.6 cm³/mol. The maximum atomic E-state index is 12.2. The molecule has 0 aromatic carbocycles. The molecule has 0 N–H and O–H groups in total. The van der Waals surface area contributed by atoms with Gasteiger partial charge in [-0.1, -0.05) is 0 Å². The van der Waals surface area contributed by atoms with Crippen molar-refractivity contribution in [1.29, 1.82) is 0 Å². The summed E-state index contributed by atoms with van der Waals surface area (Å²) in [5, 5.41) is 0.119. The molecule has 0 radical (unpaired) electrons. The summed E-state index contributed by atoms with van der Waals surface area (Å²) in [6.45, 7) is 2.09. The van der Waals surface area contributed by atoms with Crippen LogP contribution in [-0.2, 0) is 10.9 Å². The number of rotatable bonds is 2. The summed E-state index contributed by atoms with van der Waals surface area (Å²) in [4.78, 5) is -0.316. The van der Waals surface area contributed by atoms with Crippen LogP contribution in [0.25, 0.3) is 0 Å². The summed E-state index contributed by atoms with van der Waals surface area (Å²) in [5.74, 6) is 0. The fourth-order valence-corrected chi connectivity index (χ4v) is 1.88. The van der Waals surface area contributed by atoms with Gasteiger partial charge in [0.15, 0.2) is 0 Å². The second-order valence-electron chi connectivity index (χ2n) is 2.38. The zero-order chi connectivity index (χ0) is 10.8. The standard InChI is InChI=1S/C8H7F3OS2/c1-2-12-7(13)5-3-4-6(14-5)8(9,10)11/h3-4H,2H2,1H3. The normalized spacial score (nSPS) is 11.4. The van der Waals surface area contributed by atoms with Gasteiger partial charge >= 0.3 is 6.18 Å². The molecule has 0 atom stereocenters. The zero-order valence-electron chi connectivity index (χ0n) is 7.22. The molecule has 1 heterocycles. The van der Waals surface area contributed by atoms with Crippen molar-refractivity contribution >= 4 is 28.6 Å². The van der Waals surface area contributed by atoms with Crippen molar-refractivity contribution in [3.8, 4) is 0 Å². The van der Waals surface area contributed by atoms with Crippen LogP contribution in [0, 0.1) is 0 Å². The van der Waals surface area contributed by atoms with Gasteiger partial charge < -0.3 is 4.74 Å². The van der Waals surface area contributed by atoms with Gasteiger partial charge in [0.1, 0.15) is 4.88 Å². The molecule has 0 bridgehead atoms. The van der Waals surface area contributed by atoms with E-state index in [4.69, 9.17) is 17.0 Å². The Bertz CT molecular complexity index is 330. The molecule has 0 amide bonds. The molecule has 1 nitrogen and oxygen atoms in total. The first-order valence-electron chi connectivity index (χ1n) is 3.79. The van der Waals surface area contributed by atoms with Gasteiger partial charge in [0, 0.05) is 0 Å². The van der Waals surface area contributed by atoms with Crippen LogP contribution in [0.3, 0.4) is 0 Å². The molecule has 0 unspecified atom stereocenters. The van der Waals surface area contributed by atoms with Crippen molar-refractivity contribution in [2.45, 2.75) is 13.1 Å². The van der Waals surface area contributed by atoms with Gasteiger partial charge in [-0.25, -0.2) is 0 Å². The van der Waals surface area contributed by atoms with Crippen LogP contribution in [0.1, 0.15) is 16.7 Å². The molecule has 0 saturated heterocycles. The molecule has 0 saturated carbocycles. The third kappa shape index (κ3) is 2.68. The zero-order valence-corrected chi connectivity index (χ0v) is 8.85. The highest BCUT2D eigenvalue weighted by Gasteiger charge is 2.32. The lowest BCUT2D eigenvalue weighted by atomic mass is 10.4. The fourth-order valence-electron chi connectivity index (χ4n) is 0.802. The second kappa shape index (κ2) is 4.27.